The van der Waals surface area contributed by atoms with Gasteiger partial charge in [-0.1, -0.05) is 17.7 Å². The van der Waals surface area contributed by atoms with Gasteiger partial charge in [0.15, 0.2) is 0 Å². The summed E-state index contributed by atoms with van der Waals surface area (Å²) in [5.41, 5.74) is 4.32. The molecule has 122 valence electrons. The normalized spacial score (nSPS) is 11.9. The molecule has 0 aliphatic carbocycles. The average Bonchev–Trinajstić information content (AvgIpc) is 2.51. The van der Waals surface area contributed by atoms with Crippen LogP contribution in [0.15, 0.2) is 41.3 Å². The van der Waals surface area contributed by atoms with Crippen molar-refractivity contribution in [3.05, 3.63) is 53.1 Å². The van der Waals surface area contributed by atoms with Gasteiger partial charge < -0.3 is 10.1 Å². The molecule has 0 saturated carbocycles. The Hall–Kier alpha value is -1.94. The molecule has 2 aromatic carbocycles. The van der Waals surface area contributed by atoms with Gasteiger partial charge in [-0.05, 0) is 63.1 Å². The van der Waals surface area contributed by atoms with Crippen molar-refractivity contribution in [1.29, 1.82) is 0 Å². The maximum atomic E-state index is 12.5. The zero-order chi connectivity index (χ0) is 17.0. The van der Waals surface area contributed by atoms with E-state index in [-0.39, 0.29) is 11.2 Å². The largest absolute Gasteiger partial charge is 0.497 e. The number of thioether (sulfide) groups is 1. The molecule has 0 spiro atoms. The highest BCUT2D eigenvalue weighted by Gasteiger charge is 2.16. The summed E-state index contributed by atoms with van der Waals surface area (Å²) < 4.78 is 5.15. The fourth-order valence-corrected chi connectivity index (χ4v) is 3.38. The predicted octanol–water partition coefficient (Wildman–Crippen LogP) is 4.74. The standard InChI is InChI=1S/C19H23NO2S/c1-12-10-13(2)18(14(3)11-12)20-19(21)15(4)23-17-8-6-16(22-5)7-9-17/h6-11,15H,1-5H3,(H,20,21)/t15-/m0/s1. The molecule has 0 fully saturated rings. The van der Waals surface area contributed by atoms with Gasteiger partial charge >= 0.3 is 0 Å². The van der Waals surface area contributed by atoms with Gasteiger partial charge in [0.1, 0.15) is 5.75 Å². The number of hydrogen-bond acceptors (Lipinski definition) is 3. The lowest BCUT2D eigenvalue weighted by Gasteiger charge is -2.16. The SMILES string of the molecule is COc1ccc(S[C@@H](C)C(=O)Nc2c(C)cc(C)cc2C)cc1. The molecule has 4 heteroatoms. The van der Waals surface area contributed by atoms with Crippen LogP contribution in [0.4, 0.5) is 5.69 Å². The molecule has 1 N–H and O–H groups in total. The van der Waals surface area contributed by atoms with E-state index in [1.54, 1.807) is 7.11 Å². The Kier molecular flexibility index (Phi) is 5.72. The highest BCUT2D eigenvalue weighted by atomic mass is 32.2. The van der Waals surface area contributed by atoms with Crippen LogP contribution in [-0.2, 0) is 4.79 Å². The third-order valence-corrected chi connectivity index (χ3v) is 4.78. The second-order valence-corrected chi connectivity index (χ2v) is 7.11. The van der Waals surface area contributed by atoms with E-state index in [0.717, 1.165) is 27.5 Å². The lowest BCUT2D eigenvalue weighted by atomic mass is 10.1. The third kappa shape index (κ3) is 4.52. The van der Waals surface area contributed by atoms with Gasteiger partial charge in [-0.25, -0.2) is 0 Å². The first-order chi connectivity index (χ1) is 10.9. The summed E-state index contributed by atoms with van der Waals surface area (Å²) in [5.74, 6) is 0.832. The molecule has 1 amide bonds. The minimum atomic E-state index is -0.177. The number of benzene rings is 2. The van der Waals surface area contributed by atoms with Gasteiger partial charge in [0.2, 0.25) is 5.91 Å². The number of carbonyl (C=O) groups is 1. The highest BCUT2D eigenvalue weighted by molar-refractivity contribution is 8.00. The van der Waals surface area contributed by atoms with E-state index in [9.17, 15) is 4.79 Å². The van der Waals surface area contributed by atoms with Crippen molar-refractivity contribution >= 4 is 23.4 Å². The smallest absolute Gasteiger partial charge is 0.237 e. The van der Waals surface area contributed by atoms with E-state index in [0.29, 0.717) is 0 Å². The topological polar surface area (TPSA) is 38.3 Å². The second-order valence-electron chi connectivity index (χ2n) is 5.70. The number of amides is 1. The first kappa shape index (κ1) is 17.4. The quantitative estimate of drug-likeness (QED) is 0.805. The summed E-state index contributed by atoms with van der Waals surface area (Å²) >= 11 is 1.54. The Bertz CT molecular complexity index is 672. The molecule has 1 atom stereocenters. The molecule has 0 heterocycles. The molecule has 0 aromatic heterocycles. The van der Waals surface area contributed by atoms with Gasteiger partial charge in [0, 0.05) is 10.6 Å². The van der Waals surface area contributed by atoms with E-state index >= 15 is 0 Å². The van der Waals surface area contributed by atoms with Crippen LogP contribution < -0.4 is 10.1 Å². The Morgan fingerprint density at radius 2 is 1.65 bits per heavy atom. The molecule has 2 aromatic rings. The molecule has 0 bridgehead atoms. The fraction of sp³-hybridized carbons (Fsp3) is 0.316. The molecular weight excluding hydrogens is 306 g/mol. The van der Waals surface area contributed by atoms with Crippen LogP contribution in [0.1, 0.15) is 23.6 Å². The van der Waals surface area contributed by atoms with Crippen molar-refractivity contribution < 1.29 is 9.53 Å². The molecule has 0 saturated heterocycles. The number of hydrogen-bond donors (Lipinski definition) is 1. The molecule has 0 aliphatic heterocycles. The van der Waals surface area contributed by atoms with Crippen molar-refractivity contribution in [1.82, 2.24) is 0 Å². The second kappa shape index (κ2) is 7.55. The number of carbonyl (C=O) groups excluding carboxylic acids is 1. The minimum absolute atomic E-state index is 0.0147. The summed E-state index contributed by atoms with van der Waals surface area (Å²) in [7, 11) is 1.64. The summed E-state index contributed by atoms with van der Waals surface area (Å²) in [4.78, 5) is 13.5. The van der Waals surface area contributed by atoms with Crippen molar-refractivity contribution in [2.45, 2.75) is 37.8 Å². The van der Waals surface area contributed by atoms with Gasteiger partial charge in [-0.2, -0.15) is 0 Å². The predicted molar refractivity (Wildman–Crippen MR) is 97.6 cm³/mol. The van der Waals surface area contributed by atoms with Crippen LogP contribution in [-0.4, -0.2) is 18.3 Å². The Morgan fingerprint density at radius 1 is 1.09 bits per heavy atom. The molecule has 3 nitrogen and oxygen atoms in total. The number of nitrogens with one attached hydrogen (secondary N) is 1. The van der Waals surface area contributed by atoms with Crippen molar-refractivity contribution in [2.75, 3.05) is 12.4 Å². The van der Waals surface area contributed by atoms with Gasteiger partial charge in [0.25, 0.3) is 0 Å². The van der Waals surface area contributed by atoms with Crippen LogP contribution in [0.25, 0.3) is 0 Å². The summed E-state index contributed by atoms with van der Waals surface area (Å²) in [6.07, 6.45) is 0. The minimum Gasteiger partial charge on any atom is -0.497 e. The lowest BCUT2D eigenvalue weighted by Crippen LogP contribution is -2.23. The number of anilines is 1. The summed E-state index contributed by atoms with van der Waals surface area (Å²) in [5, 5.41) is 2.89. The molecule has 0 unspecified atom stereocenters. The van der Waals surface area contributed by atoms with E-state index in [4.69, 9.17) is 4.74 Å². The van der Waals surface area contributed by atoms with E-state index in [1.165, 1.54) is 17.3 Å². The van der Waals surface area contributed by atoms with Crippen molar-refractivity contribution in [2.24, 2.45) is 0 Å². The number of rotatable bonds is 5. The van der Waals surface area contributed by atoms with Crippen molar-refractivity contribution in [3.63, 3.8) is 0 Å². The van der Waals surface area contributed by atoms with Gasteiger partial charge in [-0.3, -0.25) is 4.79 Å². The number of methoxy groups -OCH3 is 1. The molecule has 0 radical (unpaired) electrons. The van der Waals surface area contributed by atoms with Crippen LogP contribution in [0.5, 0.6) is 5.75 Å². The van der Waals surface area contributed by atoms with Crippen molar-refractivity contribution in [3.8, 4) is 5.75 Å². The van der Waals surface area contributed by atoms with Crippen LogP contribution >= 0.6 is 11.8 Å². The van der Waals surface area contributed by atoms with Crippen LogP contribution in [0.3, 0.4) is 0 Å². The zero-order valence-electron chi connectivity index (χ0n) is 14.3. The fourth-order valence-electron chi connectivity index (χ4n) is 2.51. The van der Waals surface area contributed by atoms with Gasteiger partial charge in [-0.15, -0.1) is 11.8 Å². The Labute approximate surface area is 142 Å². The lowest BCUT2D eigenvalue weighted by molar-refractivity contribution is -0.115. The van der Waals surface area contributed by atoms with E-state index in [2.05, 4.69) is 24.4 Å². The molecule has 23 heavy (non-hydrogen) atoms. The Balaban J connectivity index is 2.05. The van der Waals surface area contributed by atoms with Gasteiger partial charge in [0.05, 0.1) is 12.4 Å². The van der Waals surface area contributed by atoms with E-state index < -0.39 is 0 Å². The monoisotopic (exact) mass is 329 g/mol. The first-order valence-corrected chi connectivity index (χ1v) is 8.48. The maximum absolute atomic E-state index is 12.5. The molecule has 2 rings (SSSR count). The maximum Gasteiger partial charge on any atom is 0.237 e. The zero-order valence-corrected chi connectivity index (χ0v) is 15.1. The first-order valence-electron chi connectivity index (χ1n) is 7.60. The van der Waals surface area contributed by atoms with Crippen LogP contribution in [0.2, 0.25) is 0 Å². The summed E-state index contributed by atoms with van der Waals surface area (Å²) in [6, 6.07) is 11.9. The average molecular weight is 329 g/mol. The number of aryl methyl sites for hydroxylation is 3. The third-order valence-electron chi connectivity index (χ3n) is 3.67. The molecular formula is C19H23NO2S. The summed E-state index contributed by atoms with van der Waals surface area (Å²) in [6.45, 7) is 8.03. The number of ether oxygens (including phenoxy) is 1. The Morgan fingerprint density at radius 3 is 2.17 bits per heavy atom. The van der Waals surface area contributed by atoms with Crippen LogP contribution in [0, 0.1) is 20.8 Å². The highest BCUT2D eigenvalue weighted by Crippen LogP contribution is 2.27. The molecule has 0 aliphatic rings. The van der Waals surface area contributed by atoms with E-state index in [1.807, 2.05) is 45.0 Å².